The number of fused-ring (bicyclic) bond motifs is 3. The number of hydrogen-bond acceptors (Lipinski definition) is 6. The topological polar surface area (TPSA) is 139 Å². The lowest BCUT2D eigenvalue weighted by molar-refractivity contribution is -0.143. The zero-order valence-electron chi connectivity index (χ0n) is 19.3. The molecule has 9 nitrogen and oxygen atoms in total. The maximum absolute atomic E-state index is 12.6. The van der Waals surface area contributed by atoms with Crippen LogP contribution in [0.4, 0.5) is 0 Å². The summed E-state index contributed by atoms with van der Waals surface area (Å²) in [5.74, 6) is -2.59. The monoisotopic (exact) mass is 456 g/mol. The van der Waals surface area contributed by atoms with Crippen LogP contribution in [0.3, 0.4) is 0 Å². The molecule has 3 rings (SSSR count). The summed E-state index contributed by atoms with van der Waals surface area (Å²) in [6.45, 7) is 8.70. The number of rotatable bonds is 8. The van der Waals surface area contributed by atoms with Gasteiger partial charge in [0.2, 0.25) is 11.8 Å². The number of amides is 2. The van der Waals surface area contributed by atoms with E-state index in [1.807, 2.05) is 20.8 Å². The van der Waals surface area contributed by atoms with Crippen LogP contribution in [0.15, 0.2) is 26.0 Å². The van der Waals surface area contributed by atoms with E-state index >= 15 is 0 Å². The fourth-order valence-corrected chi connectivity index (χ4v) is 3.99. The molecule has 3 N–H and O–H groups in total. The Bertz CT molecular complexity index is 1300. The summed E-state index contributed by atoms with van der Waals surface area (Å²) in [5, 5.41) is 15.7. The lowest BCUT2D eigenvalue weighted by Crippen LogP contribution is -2.48. The van der Waals surface area contributed by atoms with Gasteiger partial charge in [-0.2, -0.15) is 0 Å². The van der Waals surface area contributed by atoms with Gasteiger partial charge in [0.1, 0.15) is 17.2 Å². The molecule has 3 aromatic rings. The molecule has 0 aliphatic heterocycles. The number of benzene rings is 1. The van der Waals surface area contributed by atoms with Crippen molar-refractivity contribution in [1.29, 1.82) is 0 Å². The first-order chi connectivity index (χ1) is 15.5. The number of carboxylic acid groups (broad SMARTS) is 1. The molecule has 176 valence electrons. The second-order valence-corrected chi connectivity index (χ2v) is 8.40. The highest BCUT2D eigenvalue weighted by atomic mass is 16.4. The van der Waals surface area contributed by atoms with Crippen molar-refractivity contribution in [3.63, 3.8) is 0 Å². The van der Waals surface area contributed by atoms with Gasteiger partial charge in [-0.3, -0.25) is 9.59 Å². The number of carboxylic acids is 1. The fraction of sp³-hybridized carbons (Fsp3) is 0.417. The summed E-state index contributed by atoms with van der Waals surface area (Å²) < 4.78 is 11.2. The van der Waals surface area contributed by atoms with Crippen LogP contribution >= 0.6 is 0 Å². The molecule has 2 amide bonds. The number of furan rings is 1. The highest BCUT2D eigenvalue weighted by Gasteiger charge is 2.25. The quantitative estimate of drug-likeness (QED) is 0.443. The van der Waals surface area contributed by atoms with Crippen LogP contribution in [0.25, 0.3) is 21.9 Å². The van der Waals surface area contributed by atoms with Gasteiger partial charge in [0, 0.05) is 5.39 Å². The van der Waals surface area contributed by atoms with E-state index in [1.54, 1.807) is 26.2 Å². The van der Waals surface area contributed by atoms with E-state index in [1.165, 1.54) is 0 Å². The zero-order chi connectivity index (χ0) is 24.4. The number of carbonyl (C=O) groups excluding carboxylic acids is 2. The predicted molar refractivity (Wildman–Crippen MR) is 122 cm³/mol. The van der Waals surface area contributed by atoms with Crippen molar-refractivity contribution < 1.29 is 28.3 Å². The molecule has 0 saturated heterocycles. The van der Waals surface area contributed by atoms with Gasteiger partial charge >= 0.3 is 11.6 Å². The predicted octanol–water partition coefficient (Wildman–Crippen LogP) is 2.74. The molecule has 0 spiro atoms. The van der Waals surface area contributed by atoms with Crippen LogP contribution in [0, 0.1) is 26.7 Å². The summed E-state index contributed by atoms with van der Waals surface area (Å²) in [6, 6.07) is 0.732. The van der Waals surface area contributed by atoms with Crippen LogP contribution < -0.4 is 16.3 Å². The molecule has 0 unspecified atom stereocenters. The van der Waals surface area contributed by atoms with Gasteiger partial charge in [-0.25, -0.2) is 9.59 Å². The second kappa shape index (κ2) is 9.48. The minimum atomic E-state index is -1.14. The van der Waals surface area contributed by atoms with Crippen molar-refractivity contribution in [2.75, 3.05) is 6.54 Å². The molecule has 2 aromatic heterocycles. The molecule has 9 heteroatoms. The van der Waals surface area contributed by atoms with Crippen molar-refractivity contribution in [2.24, 2.45) is 5.92 Å². The Balaban J connectivity index is 1.79. The Morgan fingerprint density at radius 3 is 2.42 bits per heavy atom. The molecular formula is C24H28N2O7. The van der Waals surface area contributed by atoms with Gasteiger partial charge in [-0.05, 0) is 49.4 Å². The first kappa shape index (κ1) is 24.0. The molecule has 2 heterocycles. The molecule has 0 bridgehead atoms. The molecule has 1 aromatic carbocycles. The van der Waals surface area contributed by atoms with Crippen molar-refractivity contribution in [3.8, 4) is 0 Å². The molecule has 33 heavy (non-hydrogen) atoms. The number of hydrogen-bond donors (Lipinski definition) is 3. The maximum atomic E-state index is 12.6. The molecule has 0 aliphatic carbocycles. The summed E-state index contributed by atoms with van der Waals surface area (Å²) in [7, 11) is 0. The Morgan fingerprint density at radius 2 is 1.79 bits per heavy atom. The standard InChI is InChI=1S/C24H28N2O7/c1-6-11(2)21(23(29)30)26-18(28)9-25-17(27)8-15-14(5)20-16(33-24(15)31)7-12(3)19-13(4)10-32-22(19)20/h7,10-11,21H,6,8-9H2,1-5H3,(H,25,27)(H,26,28)(H,29,30)/t11-,21-/m0/s1. The minimum absolute atomic E-state index is 0.169. The third kappa shape index (κ3) is 4.76. The van der Waals surface area contributed by atoms with Crippen LogP contribution in [-0.2, 0) is 20.8 Å². The number of carbonyl (C=O) groups is 3. The zero-order valence-corrected chi connectivity index (χ0v) is 19.3. The SMILES string of the molecule is CC[C@H](C)[C@H](NC(=O)CNC(=O)Cc1c(C)c2c(cc(C)c3c(C)coc32)oc1=O)C(=O)O. The normalized spacial score (nSPS) is 13.1. The van der Waals surface area contributed by atoms with E-state index in [0.29, 0.717) is 28.5 Å². The molecule has 2 atom stereocenters. The lowest BCUT2D eigenvalue weighted by Gasteiger charge is -2.20. The third-order valence-corrected chi connectivity index (χ3v) is 6.05. The van der Waals surface area contributed by atoms with Gasteiger partial charge in [-0.15, -0.1) is 0 Å². The average molecular weight is 456 g/mol. The van der Waals surface area contributed by atoms with E-state index in [-0.39, 0.29) is 17.9 Å². The van der Waals surface area contributed by atoms with E-state index in [9.17, 15) is 24.3 Å². The van der Waals surface area contributed by atoms with Crippen molar-refractivity contribution in [2.45, 2.75) is 53.5 Å². The molecule has 0 aliphatic rings. The Hall–Kier alpha value is -3.62. The van der Waals surface area contributed by atoms with Crippen molar-refractivity contribution >= 4 is 39.7 Å². The summed E-state index contributed by atoms with van der Waals surface area (Å²) in [5.41, 5.74) is 2.95. The van der Waals surface area contributed by atoms with Crippen LogP contribution in [0.2, 0.25) is 0 Å². The minimum Gasteiger partial charge on any atom is -0.480 e. The third-order valence-electron chi connectivity index (χ3n) is 6.05. The summed E-state index contributed by atoms with van der Waals surface area (Å²) in [6.07, 6.45) is 1.92. The average Bonchev–Trinajstić information content (AvgIpc) is 3.14. The lowest BCUT2D eigenvalue weighted by atomic mass is 9.98. The molecule has 0 saturated carbocycles. The van der Waals surface area contributed by atoms with Gasteiger partial charge < -0.3 is 24.6 Å². The van der Waals surface area contributed by atoms with Gasteiger partial charge in [0.15, 0.2) is 0 Å². The van der Waals surface area contributed by atoms with Crippen LogP contribution in [-0.4, -0.2) is 35.5 Å². The van der Waals surface area contributed by atoms with Crippen molar-refractivity contribution in [1.82, 2.24) is 10.6 Å². The summed E-state index contributed by atoms with van der Waals surface area (Å²) in [4.78, 5) is 48.6. The first-order valence-corrected chi connectivity index (χ1v) is 10.8. The number of aliphatic carboxylic acids is 1. The first-order valence-electron chi connectivity index (χ1n) is 10.8. The maximum Gasteiger partial charge on any atom is 0.340 e. The molecule has 0 radical (unpaired) electrons. The largest absolute Gasteiger partial charge is 0.480 e. The van der Waals surface area contributed by atoms with Crippen LogP contribution in [0.5, 0.6) is 0 Å². The van der Waals surface area contributed by atoms with E-state index in [4.69, 9.17) is 8.83 Å². The number of aryl methyl sites for hydroxylation is 3. The van der Waals surface area contributed by atoms with Crippen LogP contribution in [0.1, 0.15) is 42.5 Å². The Morgan fingerprint density at radius 1 is 1.09 bits per heavy atom. The molecular weight excluding hydrogens is 428 g/mol. The fourth-order valence-electron chi connectivity index (χ4n) is 3.99. The van der Waals surface area contributed by atoms with Gasteiger partial charge in [0.25, 0.3) is 0 Å². The smallest absolute Gasteiger partial charge is 0.340 e. The Kier molecular flexibility index (Phi) is 6.90. The van der Waals surface area contributed by atoms with Gasteiger partial charge in [-0.1, -0.05) is 20.3 Å². The Labute approximate surface area is 190 Å². The highest BCUT2D eigenvalue weighted by molar-refractivity contribution is 6.07. The molecule has 0 fully saturated rings. The van der Waals surface area contributed by atoms with Crippen molar-refractivity contribution in [3.05, 3.63) is 45.0 Å². The second-order valence-electron chi connectivity index (χ2n) is 8.40. The van der Waals surface area contributed by atoms with Gasteiger partial charge in [0.05, 0.1) is 30.2 Å². The van der Waals surface area contributed by atoms with E-state index in [2.05, 4.69) is 10.6 Å². The summed E-state index contributed by atoms with van der Waals surface area (Å²) >= 11 is 0. The van der Waals surface area contributed by atoms with E-state index < -0.39 is 36.0 Å². The van der Waals surface area contributed by atoms with E-state index in [0.717, 1.165) is 16.5 Å². The number of nitrogens with one attached hydrogen (secondary N) is 2. The highest BCUT2D eigenvalue weighted by Crippen LogP contribution is 2.34.